The lowest BCUT2D eigenvalue weighted by molar-refractivity contribution is -0.140. The molecule has 0 spiro atoms. The SMILES string of the molecule is CCC(NC(CC(C)C)C(=O)O)c1cccs1. The van der Waals surface area contributed by atoms with Crippen molar-refractivity contribution in [3.63, 3.8) is 0 Å². The summed E-state index contributed by atoms with van der Waals surface area (Å²) in [5.41, 5.74) is 0. The quantitative estimate of drug-likeness (QED) is 0.786. The number of nitrogens with one attached hydrogen (secondary N) is 1. The summed E-state index contributed by atoms with van der Waals surface area (Å²) >= 11 is 1.67. The Kier molecular flexibility index (Phi) is 5.65. The second-order valence-electron chi connectivity index (χ2n) is 4.66. The van der Waals surface area contributed by atoms with E-state index in [1.165, 1.54) is 4.88 Å². The Hall–Kier alpha value is -0.870. The summed E-state index contributed by atoms with van der Waals surface area (Å²) in [4.78, 5) is 12.4. The standard InChI is InChI=1S/C13H21NO2S/c1-4-10(12-6-5-7-17-12)14-11(13(15)16)8-9(2)3/h5-7,9-11,14H,4,8H2,1-3H3,(H,15,16). The third-order valence-electron chi connectivity index (χ3n) is 2.70. The van der Waals surface area contributed by atoms with E-state index < -0.39 is 12.0 Å². The first kappa shape index (κ1) is 14.2. The topological polar surface area (TPSA) is 49.3 Å². The highest BCUT2D eigenvalue weighted by Gasteiger charge is 2.22. The van der Waals surface area contributed by atoms with Crippen molar-refractivity contribution in [2.75, 3.05) is 0 Å². The fourth-order valence-corrected chi connectivity index (χ4v) is 2.72. The van der Waals surface area contributed by atoms with Crippen LogP contribution >= 0.6 is 11.3 Å². The van der Waals surface area contributed by atoms with Gasteiger partial charge in [-0.15, -0.1) is 11.3 Å². The van der Waals surface area contributed by atoms with Gasteiger partial charge >= 0.3 is 5.97 Å². The molecule has 1 aromatic rings. The van der Waals surface area contributed by atoms with Gasteiger partial charge in [-0.2, -0.15) is 0 Å². The van der Waals surface area contributed by atoms with E-state index in [9.17, 15) is 9.90 Å². The molecule has 2 unspecified atom stereocenters. The van der Waals surface area contributed by atoms with Crippen LogP contribution in [0.1, 0.15) is 44.5 Å². The first-order valence-corrected chi connectivity index (χ1v) is 6.94. The zero-order valence-corrected chi connectivity index (χ0v) is 11.5. The predicted molar refractivity (Wildman–Crippen MR) is 71.4 cm³/mol. The molecule has 2 atom stereocenters. The van der Waals surface area contributed by atoms with Gasteiger partial charge in [0.25, 0.3) is 0 Å². The van der Waals surface area contributed by atoms with Crippen LogP contribution in [-0.2, 0) is 4.79 Å². The van der Waals surface area contributed by atoms with E-state index >= 15 is 0 Å². The largest absolute Gasteiger partial charge is 0.480 e. The van der Waals surface area contributed by atoms with Gasteiger partial charge in [0.2, 0.25) is 0 Å². The lowest BCUT2D eigenvalue weighted by Crippen LogP contribution is -2.39. The van der Waals surface area contributed by atoms with Crippen LogP contribution in [0.4, 0.5) is 0 Å². The van der Waals surface area contributed by atoms with Gasteiger partial charge in [-0.1, -0.05) is 26.8 Å². The fraction of sp³-hybridized carbons (Fsp3) is 0.615. The van der Waals surface area contributed by atoms with Crippen molar-refractivity contribution in [3.05, 3.63) is 22.4 Å². The first-order chi connectivity index (χ1) is 8.04. The fourth-order valence-electron chi connectivity index (χ4n) is 1.85. The maximum Gasteiger partial charge on any atom is 0.320 e. The summed E-state index contributed by atoms with van der Waals surface area (Å²) in [6.45, 7) is 6.17. The molecule has 0 aliphatic carbocycles. The van der Waals surface area contributed by atoms with E-state index in [0.29, 0.717) is 12.3 Å². The second-order valence-corrected chi connectivity index (χ2v) is 5.64. The van der Waals surface area contributed by atoms with Crippen LogP contribution < -0.4 is 5.32 Å². The summed E-state index contributed by atoms with van der Waals surface area (Å²) in [6, 6.07) is 3.75. The molecule has 1 aromatic heterocycles. The van der Waals surface area contributed by atoms with Crippen molar-refractivity contribution >= 4 is 17.3 Å². The molecule has 2 N–H and O–H groups in total. The van der Waals surface area contributed by atoms with Crippen LogP contribution in [-0.4, -0.2) is 17.1 Å². The smallest absolute Gasteiger partial charge is 0.320 e. The third-order valence-corrected chi connectivity index (χ3v) is 3.69. The van der Waals surface area contributed by atoms with Gasteiger partial charge in [0.15, 0.2) is 0 Å². The number of hydrogen-bond donors (Lipinski definition) is 2. The van der Waals surface area contributed by atoms with Crippen LogP contribution in [0.2, 0.25) is 0 Å². The molecule has 4 heteroatoms. The number of rotatable bonds is 7. The molecule has 1 heterocycles. The van der Waals surface area contributed by atoms with Crippen molar-refractivity contribution in [1.82, 2.24) is 5.32 Å². The molecule has 0 aromatic carbocycles. The summed E-state index contributed by atoms with van der Waals surface area (Å²) in [6.07, 6.45) is 1.57. The second kappa shape index (κ2) is 6.77. The van der Waals surface area contributed by atoms with E-state index in [2.05, 4.69) is 18.3 Å². The molecular formula is C13H21NO2S. The number of aliphatic carboxylic acids is 1. The lowest BCUT2D eigenvalue weighted by atomic mass is 10.0. The van der Waals surface area contributed by atoms with E-state index in [1.54, 1.807) is 11.3 Å². The molecule has 0 radical (unpaired) electrons. The van der Waals surface area contributed by atoms with Crippen molar-refractivity contribution < 1.29 is 9.90 Å². The minimum atomic E-state index is -0.756. The minimum Gasteiger partial charge on any atom is -0.480 e. The van der Waals surface area contributed by atoms with Crippen LogP contribution in [0.3, 0.4) is 0 Å². The molecular weight excluding hydrogens is 234 g/mol. The van der Waals surface area contributed by atoms with Crippen molar-refractivity contribution in [3.8, 4) is 0 Å². The zero-order chi connectivity index (χ0) is 12.8. The number of hydrogen-bond acceptors (Lipinski definition) is 3. The monoisotopic (exact) mass is 255 g/mol. The molecule has 0 bridgehead atoms. The molecule has 0 fully saturated rings. The van der Waals surface area contributed by atoms with Crippen molar-refractivity contribution in [2.24, 2.45) is 5.92 Å². The van der Waals surface area contributed by atoms with Crippen molar-refractivity contribution in [2.45, 2.75) is 45.7 Å². The third kappa shape index (κ3) is 4.48. The Morgan fingerprint density at radius 1 is 1.53 bits per heavy atom. The maximum absolute atomic E-state index is 11.2. The van der Waals surface area contributed by atoms with Crippen LogP contribution in [0, 0.1) is 5.92 Å². The maximum atomic E-state index is 11.2. The number of carbonyl (C=O) groups is 1. The molecule has 0 saturated carbocycles. The molecule has 17 heavy (non-hydrogen) atoms. The van der Waals surface area contributed by atoms with Gasteiger partial charge in [-0.25, -0.2) is 0 Å². The summed E-state index contributed by atoms with van der Waals surface area (Å²) in [5.74, 6) is -0.377. The van der Waals surface area contributed by atoms with Crippen LogP contribution in [0.15, 0.2) is 17.5 Å². The van der Waals surface area contributed by atoms with Gasteiger partial charge in [0.1, 0.15) is 6.04 Å². The minimum absolute atomic E-state index is 0.148. The average molecular weight is 255 g/mol. The Morgan fingerprint density at radius 3 is 2.65 bits per heavy atom. The summed E-state index contributed by atoms with van der Waals surface area (Å²) in [7, 11) is 0. The highest BCUT2D eigenvalue weighted by Crippen LogP contribution is 2.23. The van der Waals surface area contributed by atoms with Crippen LogP contribution in [0.5, 0.6) is 0 Å². The normalized spacial score (nSPS) is 14.8. The molecule has 0 aliphatic heterocycles. The number of carboxylic acids is 1. The molecule has 0 saturated heterocycles. The molecule has 3 nitrogen and oxygen atoms in total. The number of thiophene rings is 1. The highest BCUT2D eigenvalue weighted by molar-refractivity contribution is 7.10. The van der Waals surface area contributed by atoms with Gasteiger partial charge < -0.3 is 5.11 Å². The van der Waals surface area contributed by atoms with E-state index in [0.717, 1.165) is 6.42 Å². The van der Waals surface area contributed by atoms with E-state index in [1.807, 2.05) is 25.3 Å². The molecule has 0 amide bonds. The molecule has 96 valence electrons. The van der Waals surface area contributed by atoms with Gasteiger partial charge in [-0.05, 0) is 30.2 Å². The Bertz CT molecular complexity index is 335. The number of carboxylic acid groups (broad SMARTS) is 1. The molecule has 0 aliphatic rings. The Balaban J connectivity index is 2.67. The average Bonchev–Trinajstić information content (AvgIpc) is 2.76. The van der Waals surface area contributed by atoms with E-state index in [4.69, 9.17) is 0 Å². The van der Waals surface area contributed by atoms with Crippen LogP contribution in [0.25, 0.3) is 0 Å². The molecule has 1 rings (SSSR count). The van der Waals surface area contributed by atoms with Gasteiger partial charge in [0.05, 0.1) is 0 Å². The predicted octanol–water partition coefficient (Wildman–Crippen LogP) is 3.29. The Labute approximate surface area is 107 Å². The van der Waals surface area contributed by atoms with E-state index in [-0.39, 0.29) is 6.04 Å². The van der Waals surface area contributed by atoms with Gasteiger partial charge in [0, 0.05) is 10.9 Å². The van der Waals surface area contributed by atoms with Crippen molar-refractivity contribution in [1.29, 1.82) is 0 Å². The first-order valence-electron chi connectivity index (χ1n) is 6.06. The lowest BCUT2D eigenvalue weighted by Gasteiger charge is -2.22. The zero-order valence-electron chi connectivity index (χ0n) is 10.6. The summed E-state index contributed by atoms with van der Waals surface area (Å²) in [5, 5.41) is 14.5. The van der Waals surface area contributed by atoms with Gasteiger partial charge in [-0.3, -0.25) is 10.1 Å². The summed E-state index contributed by atoms with van der Waals surface area (Å²) < 4.78 is 0. The Morgan fingerprint density at radius 2 is 2.24 bits per heavy atom. The highest BCUT2D eigenvalue weighted by atomic mass is 32.1.